The minimum Gasteiger partial charge on any atom is -0.379 e. The van der Waals surface area contributed by atoms with Crippen LogP contribution in [0.3, 0.4) is 0 Å². The Morgan fingerprint density at radius 1 is 1.03 bits per heavy atom. The SMILES string of the molecule is O=C(/C=C/c1cccc(Cl)c1)Nc1cc(S(=O)(=O)N2CCOCC2)ccc1N1CCCC1. The normalized spacial score (nSPS) is 17.7. The van der Waals surface area contributed by atoms with Crippen LogP contribution in [0.5, 0.6) is 0 Å². The van der Waals surface area contributed by atoms with Crippen molar-refractivity contribution in [1.82, 2.24) is 4.31 Å². The van der Waals surface area contributed by atoms with E-state index < -0.39 is 10.0 Å². The molecule has 0 aromatic heterocycles. The Kier molecular flexibility index (Phi) is 7.15. The number of carbonyl (C=O) groups excluding carboxylic acids is 1. The molecule has 0 saturated carbocycles. The number of nitrogens with zero attached hydrogens (tertiary/aromatic N) is 2. The molecule has 2 aromatic carbocycles. The van der Waals surface area contributed by atoms with Gasteiger partial charge in [-0.1, -0.05) is 23.7 Å². The highest BCUT2D eigenvalue weighted by molar-refractivity contribution is 7.89. The summed E-state index contributed by atoms with van der Waals surface area (Å²) in [6.45, 7) is 3.14. The molecule has 2 aliphatic rings. The summed E-state index contributed by atoms with van der Waals surface area (Å²) in [7, 11) is -3.67. The molecule has 0 unspecified atom stereocenters. The molecule has 0 atom stereocenters. The van der Waals surface area contributed by atoms with Gasteiger partial charge in [0.15, 0.2) is 0 Å². The van der Waals surface area contributed by atoms with E-state index in [1.54, 1.807) is 36.4 Å². The summed E-state index contributed by atoms with van der Waals surface area (Å²) in [5.41, 5.74) is 2.12. The zero-order valence-corrected chi connectivity index (χ0v) is 19.2. The van der Waals surface area contributed by atoms with E-state index in [9.17, 15) is 13.2 Å². The Labute approximate surface area is 193 Å². The predicted molar refractivity (Wildman–Crippen MR) is 127 cm³/mol. The molecule has 32 heavy (non-hydrogen) atoms. The first-order valence-electron chi connectivity index (χ1n) is 10.6. The van der Waals surface area contributed by atoms with Crippen LogP contribution in [-0.4, -0.2) is 58.0 Å². The van der Waals surface area contributed by atoms with Crippen LogP contribution in [-0.2, 0) is 19.6 Å². The van der Waals surface area contributed by atoms with Gasteiger partial charge in [0.05, 0.1) is 29.5 Å². The number of hydrogen-bond donors (Lipinski definition) is 1. The maximum atomic E-state index is 13.1. The Morgan fingerprint density at radius 2 is 1.78 bits per heavy atom. The number of amides is 1. The van der Waals surface area contributed by atoms with Crippen LogP contribution in [0.4, 0.5) is 11.4 Å². The van der Waals surface area contributed by atoms with E-state index in [1.807, 2.05) is 12.1 Å². The van der Waals surface area contributed by atoms with Crippen molar-refractivity contribution in [3.63, 3.8) is 0 Å². The van der Waals surface area contributed by atoms with Crippen LogP contribution in [0.15, 0.2) is 53.4 Å². The van der Waals surface area contributed by atoms with Crippen LogP contribution in [0.1, 0.15) is 18.4 Å². The zero-order chi connectivity index (χ0) is 22.6. The van der Waals surface area contributed by atoms with Gasteiger partial charge >= 0.3 is 0 Å². The number of ether oxygens (including phenoxy) is 1. The second-order valence-corrected chi connectivity index (χ2v) is 10.1. The smallest absolute Gasteiger partial charge is 0.248 e. The number of rotatable bonds is 6. The summed E-state index contributed by atoms with van der Waals surface area (Å²) in [5, 5.41) is 3.47. The van der Waals surface area contributed by atoms with E-state index in [1.165, 1.54) is 10.4 Å². The van der Waals surface area contributed by atoms with Gasteiger partial charge in [-0.2, -0.15) is 4.31 Å². The van der Waals surface area contributed by atoms with Gasteiger partial charge in [0, 0.05) is 37.3 Å². The fraction of sp³-hybridized carbons (Fsp3) is 0.348. The van der Waals surface area contributed by atoms with Gasteiger partial charge in [0.2, 0.25) is 15.9 Å². The molecule has 1 amide bonds. The molecule has 1 N–H and O–H groups in total. The number of morpholine rings is 1. The average Bonchev–Trinajstić information content (AvgIpc) is 3.33. The standard InChI is InChI=1S/C23H26ClN3O4S/c24-19-5-3-4-18(16-19)6-9-23(28)25-21-17-20(7-8-22(21)26-10-1-2-11-26)32(29,30)27-12-14-31-15-13-27/h3-9,16-17H,1-2,10-15H2,(H,25,28)/b9-6+. The molecular formula is C23H26ClN3O4S. The van der Waals surface area contributed by atoms with E-state index in [-0.39, 0.29) is 10.8 Å². The Bertz CT molecular complexity index is 1110. The number of sulfonamides is 1. The lowest BCUT2D eigenvalue weighted by atomic mass is 10.2. The van der Waals surface area contributed by atoms with E-state index in [2.05, 4.69) is 10.2 Å². The van der Waals surface area contributed by atoms with Crippen molar-refractivity contribution in [3.05, 3.63) is 59.1 Å². The van der Waals surface area contributed by atoms with Crippen molar-refractivity contribution >= 4 is 45.0 Å². The monoisotopic (exact) mass is 475 g/mol. The first-order chi connectivity index (χ1) is 15.4. The van der Waals surface area contributed by atoms with Gasteiger partial charge in [-0.05, 0) is 54.8 Å². The Morgan fingerprint density at radius 3 is 2.50 bits per heavy atom. The molecule has 2 heterocycles. The van der Waals surface area contributed by atoms with Gasteiger partial charge < -0.3 is 15.0 Å². The molecule has 170 valence electrons. The summed E-state index contributed by atoms with van der Waals surface area (Å²) in [6.07, 6.45) is 5.22. The van der Waals surface area contributed by atoms with Gasteiger partial charge in [0.25, 0.3) is 0 Å². The fourth-order valence-corrected chi connectivity index (χ4v) is 5.54. The van der Waals surface area contributed by atoms with E-state index in [0.29, 0.717) is 37.0 Å². The molecule has 0 bridgehead atoms. The Balaban J connectivity index is 1.60. The van der Waals surface area contributed by atoms with Gasteiger partial charge in [-0.15, -0.1) is 0 Å². The van der Waals surface area contributed by atoms with Crippen molar-refractivity contribution in [2.45, 2.75) is 17.7 Å². The molecule has 0 aliphatic carbocycles. The lowest BCUT2D eigenvalue weighted by Gasteiger charge is -2.27. The highest BCUT2D eigenvalue weighted by Crippen LogP contribution is 2.32. The number of hydrogen-bond acceptors (Lipinski definition) is 5. The predicted octanol–water partition coefficient (Wildman–Crippen LogP) is 3.61. The lowest BCUT2D eigenvalue weighted by Crippen LogP contribution is -2.40. The minimum absolute atomic E-state index is 0.163. The maximum absolute atomic E-state index is 13.1. The van der Waals surface area contributed by atoms with Crippen molar-refractivity contribution < 1.29 is 17.9 Å². The topological polar surface area (TPSA) is 79.0 Å². The number of anilines is 2. The molecule has 4 rings (SSSR count). The Hall–Kier alpha value is -2.39. The second kappa shape index (κ2) is 10.0. The highest BCUT2D eigenvalue weighted by atomic mass is 35.5. The number of nitrogens with one attached hydrogen (secondary N) is 1. The summed E-state index contributed by atoms with van der Waals surface area (Å²) < 4.78 is 32.9. The highest BCUT2D eigenvalue weighted by Gasteiger charge is 2.28. The van der Waals surface area contributed by atoms with Crippen LogP contribution < -0.4 is 10.2 Å². The third kappa shape index (κ3) is 5.32. The van der Waals surface area contributed by atoms with Crippen molar-refractivity contribution in [2.75, 3.05) is 49.6 Å². The second-order valence-electron chi connectivity index (χ2n) is 7.77. The van der Waals surface area contributed by atoms with Crippen LogP contribution in [0.2, 0.25) is 5.02 Å². The van der Waals surface area contributed by atoms with Crippen molar-refractivity contribution in [3.8, 4) is 0 Å². The average molecular weight is 476 g/mol. The first kappa shape index (κ1) is 22.8. The van der Waals surface area contributed by atoms with E-state index in [4.69, 9.17) is 16.3 Å². The summed E-state index contributed by atoms with van der Waals surface area (Å²) in [5.74, 6) is -0.341. The van der Waals surface area contributed by atoms with Crippen molar-refractivity contribution in [2.24, 2.45) is 0 Å². The third-order valence-corrected chi connectivity index (χ3v) is 7.69. The van der Waals surface area contributed by atoms with Crippen LogP contribution in [0.25, 0.3) is 6.08 Å². The third-order valence-electron chi connectivity index (χ3n) is 5.56. The number of carbonyl (C=O) groups is 1. The maximum Gasteiger partial charge on any atom is 0.248 e. The van der Waals surface area contributed by atoms with Crippen LogP contribution >= 0.6 is 11.6 Å². The molecule has 9 heteroatoms. The van der Waals surface area contributed by atoms with Gasteiger partial charge in [-0.25, -0.2) is 8.42 Å². The lowest BCUT2D eigenvalue weighted by molar-refractivity contribution is -0.111. The molecule has 2 fully saturated rings. The fourth-order valence-electron chi connectivity index (χ4n) is 3.90. The summed E-state index contributed by atoms with van der Waals surface area (Å²) >= 11 is 6.00. The van der Waals surface area contributed by atoms with Crippen molar-refractivity contribution in [1.29, 1.82) is 0 Å². The molecule has 2 aromatic rings. The molecule has 0 radical (unpaired) electrons. The summed E-state index contributed by atoms with van der Waals surface area (Å²) in [6, 6.07) is 12.2. The molecule has 2 aliphatic heterocycles. The van der Waals surface area contributed by atoms with Gasteiger partial charge in [0.1, 0.15) is 0 Å². The van der Waals surface area contributed by atoms with E-state index >= 15 is 0 Å². The summed E-state index contributed by atoms with van der Waals surface area (Å²) in [4.78, 5) is 15.0. The quantitative estimate of drug-likeness (QED) is 0.645. The molecule has 7 nitrogen and oxygen atoms in total. The zero-order valence-electron chi connectivity index (χ0n) is 17.7. The molecule has 0 spiro atoms. The molecular weight excluding hydrogens is 450 g/mol. The van der Waals surface area contributed by atoms with Crippen LogP contribution in [0, 0.1) is 0 Å². The number of benzene rings is 2. The van der Waals surface area contributed by atoms with E-state index in [0.717, 1.165) is 37.2 Å². The minimum atomic E-state index is -3.67. The molecule has 2 saturated heterocycles. The first-order valence-corrected chi connectivity index (χ1v) is 12.5. The number of halogens is 1. The largest absolute Gasteiger partial charge is 0.379 e. The van der Waals surface area contributed by atoms with Gasteiger partial charge in [-0.3, -0.25) is 4.79 Å².